The van der Waals surface area contributed by atoms with Crippen LogP contribution in [-0.4, -0.2) is 38.1 Å². The van der Waals surface area contributed by atoms with E-state index in [-0.39, 0.29) is 11.9 Å². The second-order valence-corrected chi connectivity index (χ2v) is 3.98. The molecule has 0 heterocycles. The number of hydrogen-bond donors (Lipinski definition) is 0. The predicted molar refractivity (Wildman–Crippen MR) is 64.4 cm³/mol. The third kappa shape index (κ3) is 3.66. The number of esters is 1. The molecule has 0 saturated carbocycles. The number of ether oxygens (including phenoxy) is 1. The molecular formula is C13H19NO2. The molecule has 1 aromatic carbocycles. The number of benzene rings is 1. The van der Waals surface area contributed by atoms with Gasteiger partial charge in [0.05, 0.1) is 12.5 Å². The van der Waals surface area contributed by atoms with Crippen LogP contribution in [-0.2, 0) is 9.53 Å². The van der Waals surface area contributed by atoms with Crippen molar-refractivity contribution in [2.24, 2.45) is 0 Å². The van der Waals surface area contributed by atoms with Gasteiger partial charge in [-0.25, -0.2) is 0 Å². The highest BCUT2D eigenvalue weighted by molar-refractivity contribution is 5.78. The van der Waals surface area contributed by atoms with E-state index in [0.717, 1.165) is 5.56 Å². The molecule has 88 valence electrons. The van der Waals surface area contributed by atoms with Gasteiger partial charge in [0.2, 0.25) is 0 Å². The van der Waals surface area contributed by atoms with Crippen LogP contribution in [0.1, 0.15) is 18.4 Å². The summed E-state index contributed by atoms with van der Waals surface area (Å²) in [4.78, 5) is 13.8. The Morgan fingerprint density at radius 1 is 1.31 bits per heavy atom. The Bertz CT molecular complexity index is 322. The van der Waals surface area contributed by atoms with E-state index < -0.39 is 0 Å². The van der Waals surface area contributed by atoms with Crippen LogP contribution in [0.5, 0.6) is 0 Å². The van der Waals surface area contributed by atoms with E-state index in [9.17, 15) is 4.79 Å². The van der Waals surface area contributed by atoms with Crippen molar-refractivity contribution in [1.82, 2.24) is 4.90 Å². The summed E-state index contributed by atoms with van der Waals surface area (Å²) in [5.41, 5.74) is 1.01. The lowest BCUT2D eigenvalue weighted by Gasteiger charge is -2.19. The molecule has 1 rings (SSSR count). The molecule has 0 aliphatic rings. The smallest absolute Gasteiger partial charge is 0.314 e. The van der Waals surface area contributed by atoms with E-state index in [4.69, 9.17) is 4.74 Å². The van der Waals surface area contributed by atoms with Gasteiger partial charge in [0.25, 0.3) is 0 Å². The first-order valence-electron chi connectivity index (χ1n) is 5.51. The Morgan fingerprint density at radius 2 is 1.94 bits per heavy atom. The number of carbonyl (C=O) groups is 1. The molecule has 1 atom stereocenters. The highest BCUT2D eigenvalue weighted by atomic mass is 16.5. The van der Waals surface area contributed by atoms with Crippen LogP contribution in [0.15, 0.2) is 30.3 Å². The third-order valence-electron chi connectivity index (χ3n) is 2.32. The largest absolute Gasteiger partial charge is 0.465 e. The van der Waals surface area contributed by atoms with Crippen LogP contribution in [0.3, 0.4) is 0 Å². The zero-order chi connectivity index (χ0) is 12.0. The van der Waals surface area contributed by atoms with Gasteiger partial charge in [-0.3, -0.25) is 4.79 Å². The van der Waals surface area contributed by atoms with Gasteiger partial charge in [-0.05, 0) is 26.6 Å². The summed E-state index contributed by atoms with van der Waals surface area (Å²) in [6.45, 7) is 2.92. The minimum atomic E-state index is -0.198. The van der Waals surface area contributed by atoms with Crippen molar-refractivity contribution in [3.8, 4) is 0 Å². The molecule has 0 aliphatic heterocycles. The molecule has 0 spiro atoms. The zero-order valence-electron chi connectivity index (χ0n) is 10.1. The van der Waals surface area contributed by atoms with Gasteiger partial charge in [-0.1, -0.05) is 30.3 Å². The first kappa shape index (κ1) is 12.7. The molecule has 0 amide bonds. The number of likely N-dealkylation sites (N-methyl/N-ethyl adjacent to an activating group) is 1. The van der Waals surface area contributed by atoms with Crippen LogP contribution < -0.4 is 0 Å². The highest BCUT2D eigenvalue weighted by Crippen LogP contribution is 2.17. The molecule has 0 aromatic heterocycles. The van der Waals surface area contributed by atoms with Crippen molar-refractivity contribution in [3.05, 3.63) is 35.9 Å². The average molecular weight is 221 g/mol. The van der Waals surface area contributed by atoms with E-state index in [1.54, 1.807) is 0 Å². The van der Waals surface area contributed by atoms with E-state index in [1.807, 2.05) is 56.3 Å². The standard InChI is InChI=1S/C13H19NO2/c1-4-16-13(15)12(10-14(2)3)11-8-6-5-7-9-11/h5-9,12H,4,10H2,1-3H3. The highest BCUT2D eigenvalue weighted by Gasteiger charge is 2.22. The van der Waals surface area contributed by atoms with Gasteiger partial charge >= 0.3 is 5.97 Å². The van der Waals surface area contributed by atoms with Crippen molar-refractivity contribution >= 4 is 5.97 Å². The Labute approximate surface area is 97.0 Å². The van der Waals surface area contributed by atoms with Crippen molar-refractivity contribution in [3.63, 3.8) is 0 Å². The summed E-state index contributed by atoms with van der Waals surface area (Å²) >= 11 is 0. The van der Waals surface area contributed by atoms with Crippen LogP contribution in [0.4, 0.5) is 0 Å². The molecule has 0 bridgehead atoms. The van der Waals surface area contributed by atoms with Crippen LogP contribution >= 0.6 is 0 Å². The fraction of sp³-hybridized carbons (Fsp3) is 0.462. The maximum Gasteiger partial charge on any atom is 0.314 e. The second-order valence-electron chi connectivity index (χ2n) is 3.98. The maximum atomic E-state index is 11.8. The fourth-order valence-electron chi connectivity index (χ4n) is 1.61. The monoisotopic (exact) mass is 221 g/mol. The molecule has 0 saturated heterocycles. The maximum absolute atomic E-state index is 11.8. The van der Waals surface area contributed by atoms with Gasteiger partial charge in [0.15, 0.2) is 0 Å². The summed E-state index contributed by atoms with van der Waals surface area (Å²) in [6.07, 6.45) is 0. The number of rotatable bonds is 5. The van der Waals surface area contributed by atoms with Crippen LogP contribution in [0, 0.1) is 0 Å². The molecule has 1 unspecified atom stereocenters. The summed E-state index contributed by atoms with van der Waals surface area (Å²) < 4.78 is 5.09. The lowest BCUT2D eigenvalue weighted by Crippen LogP contribution is -2.27. The van der Waals surface area contributed by atoms with Gasteiger partial charge < -0.3 is 9.64 Å². The Morgan fingerprint density at radius 3 is 2.44 bits per heavy atom. The van der Waals surface area contributed by atoms with Gasteiger partial charge in [0, 0.05) is 6.54 Å². The molecular weight excluding hydrogens is 202 g/mol. The molecule has 0 radical (unpaired) electrons. The summed E-state index contributed by atoms with van der Waals surface area (Å²) in [7, 11) is 3.91. The van der Waals surface area contributed by atoms with Crippen molar-refractivity contribution in [2.75, 3.05) is 27.2 Å². The van der Waals surface area contributed by atoms with E-state index in [1.165, 1.54) is 0 Å². The third-order valence-corrected chi connectivity index (χ3v) is 2.32. The lowest BCUT2D eigenvalue weighted by molar-refractivity contribution is -0.145. The summed E-state index contributed by atoms with van der Waals surface area (Å²) in [5, 5.41) is 0. The summed E-state index contributed by atoms with van der Waals surface area (Å²) in [6, 6.07) is 9.76. The summed E-state index contributed by atoms with van der Waals surface area (Å²) in [5.74, 6) is -0.349. The number of hydrogen-bond acceptors (Lipinski definition) is 3. The van der Waals surface area contributed by atoms with Crippen molar-refractivity contribution in [2.45, 2.75) is 12.8 Å². The fourth-order valence-corrected chi connectivity index (χ4v) is 1.61. The molecule has 3 heteroatoms. The average Bonchev–Trinajstić information content (AvgIpc) is 2.27. The zero-order valence-corrected chi connectivity index (χ0v) is 10.1. The van der Waals surface area contributed by atoms with Crippen molar-refractivity contribution in [1.29, 1.82) is 0 Å². The number of carbonyl (C=O) groups excluding carboxylic acids is 1. The quantitative estimate of drug-likeness (QED) is 0.711. The van der Waals surface area contributed by atoms with Crippen LogP contribution in [0.25, 0.3) is 0 Å². The normalized spacial score (nSPS) is 12.5. The van der Waals surface area contributed by atoms with Crippen molar-refractivity contribution < 1.29 is 9.53 Å². The van der Waals surface area contributed by atoms with E-state index >= 15 is 0 Å². The predicted octanol–water partition coefficient (Wildman–Crippen LogP) is 1.89. The lowest BCUT2D eigenvalue weighted by atomic mass is 9.99. The van der Waals surface area contributed by atoms with Crippen LogP contribution in [0.2, 0.25) is 0 Å². The van der Waals surface area contributed by atoms with Gasteiger partial charge in [0.1, 0.15) is 0 Å². The molecule has 0 aliphatic carbocycles. The molecule has 3 nitrogen and oxygen atoms in total. The van der Waals surface area contributed by atoms with E-state index in [0.29, 0.717) is 13.2 Å². The Kier molecular flexibility index (Phi) is 4.99. The van der Waals surface area contributed by atoms with E-state index in [2.05, 4.69) is 0 Å². The first-order valence-corrected chi connectivity index (χ1v) is 5.51. The molecule has 1 aromatic rings. The first-order chi connectivity index (χ1) is 7.65. The molecule has 0 fully saturated rings. The Hall–Kier alpha value is -1.35. The van der Waals surface area contributed by atoms with Gasteiger partial charge in [-0.15, -0.1) is 0 Å². The minimum absolute atomic E-state index is 0.151. The molecule has 0 N–H and O–H groups in total. The molecule has 16 heavy (non-hydrogen) atoms. The second kappa shape index (κ2) is 6.28. The van der Waals surface area contributed by atoms with Gasteiger partial charge in [-0.2, -0.15) is 0 Å². The number of nitrogens with zero attached hydrogens (tertiary/aromatic N) is 1. The Balaban J connectivity index is 2.83. The topological polar surface area (TPSA) is 29.5 Å². The SMILES string of the molecule is CCOC(=O)C(CN(C)C)c1ccccc1. The minimum Gasteiger partial charge on any atom is -0.465 e.